The first kappa shape index (κ1) is 33.3. The highest BCUT2D eigenvalue weighted by molar-refractivity contribution is 6.26. The molecule has 0 aliphatic carbocycles. The Morgan fingerprint density at radius 2 is 0.517 bits per heavy atom. The van der Waals surface area contributed by atoms with Crippen molar-refractivity contribution in [3.63, 3.8) is 0 Å². The first-order chi connectivity index (χ1) is 28.5. The molecule has 0 heterocycles. The molecule has 12 aromatic rings. The zero-order chi connectivity index (χ0) is 38.6. The van der Waals surface area contributed by atoms with Crippen molar-refractivity contribution >= 4 is 86.2 Å². The topological polar surface area (TPSA) is 60.7 Å². The van der Waals surface area contributed by atoms with Crippen LogP contribution in [0.1, 0.15) is 51.7 Å². The summed E-state index contributed by atoms with van der Waals surface area (Å²) in [5.41, 5.74) is 5.11. The Labute approximate surface area is 333 Å². The van der Waals surface area contributed by atoms with Gasteiger partial charge in [-0.3, -0.25) is 0 Å². The highest BCUT2D eigenvalue weighted by Crippen LogP contribution is 2.45. The van der Waals surface area contributed by atoms with E-state index in [2.05, 4.69) is 133 Å². The molecule has 0 saturated heterocycles. The lowest BCUT2D eigenvalue weighted by Gasteiger charge is -2.22. The molecule has 0 aliphatic heterocycles. The third-order valence-electron chi connectivity index (χ3n) is 12.8. The first-order valence-electron chi connectivity index (χ1n) is 19.9. The molecule has 12 aromatic carbocycles. The smallest absolute Gasteiger partial charge is 0.105 e. The van der Waals surface area contributed by atoms with Crippen LogP contribution in [0.25, 0.3) is 86.2 Å². The maximum absolute atomic E-state index is 12.5. The van der Waals surface area contributed by atoms with E-state index in [1.54, 1.807) is 0 Å². The largest absolute Gasteiger partial charge is 0.384 e. The second-order valence-corrected chi connectivity index (χ2v) is 15.9. The van der Waals surface area contributed by atoms with Crippen molar-refractivity contribution in [3.8, 4) is 0 Å². The summed E-state index contributed by atoms with van der Waals surface area (Å²) in [5, 5.41) is 53.5. The molecule has 3 heteroatoms. The summed E-state index contributed by atoms with van der Waals surface area (Å²) in [7, 11) is 0. The van der Waals surface area contributed by atoms with Gasteiger partial charge in [-0.1, -0.05) is 170 Å². The van der Waals surface area contributed by atoms with Crippen LogP contribution in [0.15, 0.2) is 182 Å². The zero-order valence-electron chi connectivity index (χ0n) is 31.4. The Balaban J connectivity index is 0.994. The normalized spacial score (nSPS) is 13.9. The van der Waals surface area contributed by atoms with Crippen molar-refractivity contribution in [1.82, 2.24) is 0 Å². The summed E-state index contributed by atoms with van der Waals surface area (Å²) in [6.45, 7) is 0. The van der Waals surface area contributed by atoms with E-state index in [1.165, 1.54) is 0 Å². The van der Waals surface area contributed by atoms with Crippen LogP contribution >= 0.6 is 0 Å². The SMILES string of the molecule is OC(c1ccc2ccccc2c1)c1ccc2ccc3c(C(O)c4ccc5ccc6c(C(O)c7ccc8ccccc8c7)ccc7ccc4c5c76)ccc4ccc1c2c43. The average Bonchev–Trinajstić information content (AvgIpc) is 3.28. The molecular formula is C55H36O3. The van der Waals surface area contributed by atoms with Crippen molar-refractivity contribution < 1.29 is 15.3 Å². The molecule has 0 radical (unpaired) electrons. The molecule has 2 unspecified atom stereocenters. The fourth-order valence-electron chi connectivity index (χ4n) is 9.93. The van der Waals surface area contributed by atoms with E-state index in [9.17, 15) is 15.3 Å². The molecule has 0 aromatic heterocycles. The van der Waals surface area contributed by atoms with E-state index in [1.807, 2.05) is 48.5 Å². The summed E-state index contributed by atoms with van der Waals surface area (Å²) in [6.07, 6.45) is -2.50. The van der Waals surface area contributed by atoms with Crippen molar-refractivity contribution in [1.29, 1.82) is 0 Å². The molecule has 58 heavy (non-hydrogen) atoms. The van der Waals surface area contributed by atoms with Gasteiger partial charge >= 0.3 is 0 Å². The van der Waals surface area contributed by atoms with Gasteiger partial charge < -0.3 is 15.3 Å². The number of aliphatic hydroxyl groups is 3. The van der Waals surface area contributed by atoms with Crippen LogP contribution in [-0.2, 0) is 0 Å². The van der Waals surface area contributed by atoms with Gasteiger partial charge in [0.25, 0.3) is 0 Å². The second kappa shape index (κ2) is 12.6. The third-order valence-corrected chi connectivity index (χ3v) is 12.8. The van der Waals surface area contributed by atoms with Crippen LogP contribution in [0.5, 0.6) is 0 Å². The lowest BCUT2D eigenvalue weighted by molar-refractivity contribution is 0.222. The van der Waals surface area contributed by atoms with Crippen molar-refractivity contribution in [2.75, 3.05) is 0 Å². The molecule has 2 atom stereocenters. The number of aliphatic hydroxyl groups excluding tert-OH is 3. The molecule has 274 valence electrons. The third kappa shape index (κ3) is 4.85. The van der Waals surface area contributed by atoms with Crippen molar-refractivity contribution in [3.05, 3.63) is 215 Å². The number of hydrogen-bond donors (Lipinski definition) is 3. The number of fused-ring (bicyclic) bond motifs is 2. The van der Waals surface area contributed by atoms with Crippen molar-refractivity contribution in [2.45, 2.75) is 18.3 Å². The average molecular weight is 745 g/mol. The molecule has 0 bridgehead atoms. The van der Waals surface area contributed by atoms with Gasteiger partial charge in [0.2, 0.25) is 0 Å². The summed E-state index contributed by atoms with van der Waals surface area (Å²) < 4.78 is 0. The molecule has 12 rings (SSSR count). The zero-order valence-corrected chi connectivity index (χ0v) is 31.4. The Bertz CT molecular complexity index is 3350. The van der Waals surface area contributed by atoms with E-state index < -0.39 is 18.3 Å². The standard InChI is InChI=1S/C55H36O3/c56-53(39-11-9-31-5-1-3-7-37(31)29-39)45-25-17-33-15-23-43-47(27-19-35-13-21-41(45)49(33)51(35)43)55(58)48-28-20-36-14-22-42-46(26-18-34-16-24-44(48)52(36)50(34)42)54(57)40-12-10-32-6-2-4-8-38(32)30-40/h1-30,53-58H. The van der Waals surface area contributed by atoms with Crippen LogP contribution in [-0.4, -0.2) is 15.3 Å². The summed E-state index contributed by atoms with van der Waals surface area (Å²) >= 11 is 0. The van der Waals surface area contributed by atoms with E-state index in [0.29, 0.717) is 0 Å². The minimum absolute atomic E-state index is 0.800. The van der Waals surface area contributed by atoms with Gasteiger partial charge in [0.05, 0.1) is 0 Å². The van der Waals surface area contributed by atoms with Crippen LogP contribution in [0, 0.1) is 0 Å². The van der Waals surface area contributed by atoms with E-state index in [-0.39, 0.29) is 0 Å². The monoisotopic (exact) mass is 744 g/mol. The Kier molecular flexibility index (Phi) is 7.21. The predicted molar refractivity (Wildman–Crippen MR) is 240 cm³/mol. The molecule has 3 N–H and O–H groups in total. The minimum Gasteiger partial charge on any atom is -0.384 e. The second-order valence-electron chi connectivity index (χ2n) is 15.9. The lowest BCUT2D eigenvalue weighted by atomic mass is 9.84. The van der Waals surface area contributed by atoms with E-state index in [0.717, 1.165) is 120 Å². The minimum atomic E-state index is -0.903. The maximum Gasteiger partial charge on any atom is 0.105 e. The molecule has 0 aliphatic rings. The van der Waals surface area contributed by atoms with Crippen LogP contribution in [0.3, 0.4) is 0 Å². The van der Waals surface area contributed by atoms with Crippen LogP contribution < -0.4 is 0 Å². The number of rotatable bonds is 6. The van der Waals surface area contributed by atoms with Gasteiger partial charge in [0, 0.05) is 0 Å². The quantitative estimate of drug-likeness (QED) is 0.149. The predicted octanol–water partition coefficient (Wildman–Crippen LogP) is 13.0. The summed E-state index contributed by atoms with van der Waals surface area (Å²) in [6, 6.07) is 62.6. The molecule has 0 spiro atoms. The Hall–Kier alpha value is -6.88. The molecule has 3 nitrogen and oxygen atoms in total. The first-order valence-corrected chi connectivity index (χ1v) is 19.9. The highest BCUT2D eigenvalue weighted by atomic mass is 16.3. The van der Waals surface area contributed by atoms with Crippen LogP contribution in [0.4, 0.5) is 0 Å². The van der Waals surface area contributed by atoms with E-state index >= 15 is 0 Å². The van der Waals surface area contributed by atoms with Gasteiger partial charge in [-0.15, -0.1) is 0 Å². The molecular weight excluding hydrogens is 709 g/mol. The van der Waals surface area contributed by atoms with Gasteiger partial charge in [-0.05, 0) is 132 Å². The lowest BCUT2D eigenvalue weighted by Crippen LogP contribution is -2.04. The Morgan fingerprint density at radius 3 is 0.862 bits per heavy atom. The van der Waals surface area contributed by atoms with E-state index in [4.69, 9.17) is 0 Å². The highest BCUT2D eigenvalue weighted by Gasteiger charge is 2.24. The van der Waals surface area contributed by atoms with Gasteiger partial charge in [-0.25, -0.2) is 0 Å². The fourth-order valence-corrected chi connectivity index (χ4v) is 9.93. The Morgan fingerprint density at radius 1 is 0.241 bits per heavy atom. The van der Waals surface area contributed by atoms with Crippen LogP contribution in [0.2, 0.25) is 0 Å². The van der Waals surface area contributed by atoms with Gasteiger partial charge in [0.15, 0.2) is 0 Å². The number of hydrogen-bond acceptors (Lipinski definition) is 3. The molecule has 0 amide bonds. The summed E-state index contributed by atoms with van der Waals surface area (Å²) in [5.74, 6) is 0. The molecule has 0 fully saturated rings. The fraction of sp³-hybridized carbons (Fsp3) is 0.0545. The number of benzene rings is 12. The van der Waals surface area contributed by atoms with Gasteiger partial charge in [0.1, 0.15) is 18.3 Å². The maximum atomic E-state index is 12.5. The van der Waals surface area contributed by atoms with Crippen molar-refractivity contribution in [2.24, 2.45) is 0 Å². The molecule has 0 saturated carbocycles. The summed E-state index contributed by atoms with van der Waals surface area (Å²) in [4.78, 5) is 0. The van der Waals surface area contributed by atoms with Gasteiger partial charge in [-0.2, -0.15) is 0 Å².